The third kappa shape index (κ3) is 2.33. The minimum Gasteiger partial charge on any atom is -0.342 e. The highest BCUT2D eigenvalue weighted by atomic mass is 32.1. The van der Waals surface area contributed by atoms with Gasteiger partial charge in [-0.05, 0) is 25.3 Å². The van der Waals surface area contributed by atoms with Crippen LogP contribution in [0.5, 0.6) is 0 Å². The first-order valence-corrected chi connectivity index (χ1v) is 5.66. The normalized spacial score (nSPS) is 12.5. The van der Waals surface area contributed by atoms with Crippen LogP contribution in [-0.4, -0.2) is 23.9 Å². The van der Waals surface area contributed by atoms with E-state index in [0.29, 0.717) is 13.1 Å². The second-order valence-electron chi connectivity index (χ2n) is 3.00. The van der Waals surface area contributed by atoms with Crippen molar-refractivity contribution in [3.8, 4) is 0 Å². The number of thiophene rings is 1. The number of amides is 1. The highest BCUT2D eigenvalue weighted by Gasteiger charge is 2.20. The first kappa shape index (κ1) is 11.2. The molecule has 0 bridgehead atoms. The van der Waals surface area contributed by atoms with Crippen LogP contribution in [0.15, 0.2) is 17.5 Å². The molecule has 2 N–H and O–H groups in total. The smallest absolute Gasteiger partial charge is 0.244 e. The predicted octanol–water partition coefficient (Wildman–Crippen LogP) is 1.62. The number of likely N-dealkylation sites (N-methyl/N-ethyl adjacent to an activating group) is 1. The first-order chi connectivity index (χ1) is 6.70. The van der Waals surface area contributed by atoms with Gasteiger partial charge < -0.3 is 10.6 Å². The summed E-state index contributed by atoms with van der Waals surface area (Å²) in [5, 5.41) is 1.94. The van der Waals surface area contributed by atoms with Crippen molar-refractivity contribution in [3.63, 3.8) is 0 Å². The van der Waals surface area contributed by atoms with E-state index >= 15 is 0 Å². The number of carbonyl (C=O) groups is 1. The van der Waals surface area contributed by atoms with Gasteiger partial charge in [0.05, 0.1) is 0 Å². The van der Waals surface area contributed by atoms with E-state index in [1.807, 2.05) is 31.4 Å². The van der Waals surface area contributed by atoms with Crippen molar-refractivity contribution in [2.24, 2.45) is 5.73 Å². The number of hydrogen-bond acceptors (Lipinski definition) is 3. The van der Waals surface area contributed by atoms with Crippen LogP contribution in [0.2, 0.25) is 0 Å². The fraction of sp³-hybridized carbons (Fsp3) is 0.500. The Morgan fingerprint density at radius 2 is 2.21 bits per heavy atom. The highest BCUT2D eigenvalue weighted by molar-refractivity contribution is 7.10. The molecule has 0 aliphatic carbocycles. The van der Waals surface area contributed by atoms with Gasteiger partial charge in [-0.1, -0.05) is 6.07 Å². The van der Waals surface area contributed by atoms with Crippen molar-refractivity contribution in [3.05, 3.63) is 22.4 Å². The van der Waals surface area contributed by atoms with Crippen LogP contribution in [-0.2, 0) is 4.79 Å². The van der Waals surface area contributed by atoms with Crippen LogP contribution < -0.4 is 5.73 Å². The molecule has 0 saturated heterocycles. The topological polar surface area (TPSA) is 46.3 Å². The molecule has 1 heterocycles. The van der Waals surface area contributed by atoms with Gasteiger partial charge in [-0.2, -0.15) is 0 Å². The molecule has 0 aliphatic heterocycles. The van der Waals surface area contributed by atoms with Crippen molar-refractivity contribution >= 4 is 17.2 Å². The van der Waals surface area contributed by atoms with E-state index in [-0.39, 0.29) is 5.91 Å². The molecule has 4 heteroatoms. The summed E-state index contributed by atoms with van der Waals surface area (Å²) < 4.78 is 0. The Kier molecular flexibility index (Phi) is 4.10. The number of rotatable bonds is 4. The molecule has 0 spiro atoms. The molecule has 0 saturated carbocycles. The summed E-state index contributed by atoms with van der Waals surface area (Å²) in [4.78, 5) is 14.5. The Morgan fingerprint density at radius 3 is 2.64 bits per heavy atom. The van der Waals surface area contributed by atoms with Crippen molar-refractivity contribution < 1.29 is 4.79 Å². The molecule has 1 atom stereocenters. The van der Waals surface area contributed by atoms with Gasteiger partial charge in [-0.25, -0.2) is 0 Å². The van der Waals surface area contributed by atoms with Gasteiger partial charge in [0.15, 0.2) is 0 Å². The summed E-state index contributed by atoms with van der Waals surface area (Å²) in [5.41, 5.74) is 5.85. The monoisotopic (exact) mass is 212 g/mol. The molecule has 0 aromatic carbocycles. The lowest BCUT2D eigenvalue weighted by atomic mass is 10.2. The largest absolute Gasteiger partial charge is 0.342 e. The number of hydrogen-bond donors (Lipinski definition) is 1. The second kappa shape index (κ2) is 5.12. The molecule has 78 valence electrons. The quantitative estimate of drug-likeness (QED) is 0.824. The van der Waals surface area contributed by atoms with Crippen molar-refractivity contribution in [2.75, 3.05) is 13.1 Å². The zero-order valence-electron chi connectivity index (χ0n) is 8.56. The zero-order chi connectivity index (χ0) is 10.6. The van der Waals surface area contributed by atoms with Crippen LogP contribution >= 0.6 is 11.3 Å². The Hall–Kier alpha value is -0.870. The van der Waals surface area contributed by atoms with Gasteiger partial charge in [0.2, 0.25) is 5.91 Å². The van der Waals surface area contributed by atoms with E-state index in [4.69, 9.17) is 5.73 Å². The minimum absolute atomic E-state index is 0.0115. The summed E-state index contributed by atoms with van der Waals surface area (Å²) in [6, 6.07) is 3.32. The maximum Gasteiger partial charge on any atom is 0.244 e. The van der Waals surface area contributed by atoms with Crippen LogP contribution in [0.3, 0.4) is 0 Å². The lowest BCUT2D eigenvalue weighted by Crippen LogP contribution is -2.37. The third-order valence-electron chi connectivity index (χ3n) is 2.19. The fourth-order valence-corrected chi connectivity index (χ4v) is 2.04. The van der Waals surface area contributed by atoms with Gasteiger partial charge in [0.1, 0.15) is 6.04 Å². The Morgan fingerprint density at radius 1 is 1.57 bits per heavy atom. The molecule has 0 radical (unpaired) electrons. The molecule has 3 nitrogen and oxygen atoms in total. The van der Waals surface area contributed by atoms with Gasteiger partial charge >= 0.3 is 0 Å². The molecule has 14 heavy (non-hydrogen) atoms. The SMILES string of the molecule is CCN(CC)C(=O)C(N)c1cccs1. The molecule has 1 aromatic heterocycles. The average molecular weight is 212 g/mol. The van der Waals surface area contributed by atoms with Gasteiger partial charge in [0, 0.05) is 18.0 Å². The number of nitrogens with two attached hydrogens (primary N) is 1. The van der Waals surface area contributed by atoms with E-state index < -0.39 is 6.04 Å². The minimum atomic E-state index is -0.491. The molecular formula is C10H16N2OS. The Labute approximate surface area is 88.5 Å². The maximum atomic E-state index is 11.8. The standard InChI is InChI=1S/C10H16N2OS/c1-3-12(4-2)10(13)9(11)8-6-5-7-14-8/h5-7,9H,3-4,11H2,1-2H3. The molecule has 1 aromatic rings. The highest BCUT2D eigenvalue weighted by Crippen LogP contribution is 2.18. The summed E-state index contributed by atoms with van der Waals surface area (Å²) in [6.45, 7) is 5.36. The lowest BCUT2D eigenvalue weighted by Gasteiger charge is -2.21. The van der Waals surface area contributed by atoms with Gasteiger partial charge in [0.25, 0.3) is 0 Å². The maximum absolute atomic E-state index is 11.8. The molecule has 0 aliphatic rings. The van der Waals surface area contributed by atoms with Crippen LogP contribution in [0.4, 0.5) is 0 Å². The molecule has 1 amide bonds. The van der Waals surface area contributed by atoms with Crippen LogP contribution in [0, 0.1) is 0 Å². The zero-order valence-corrected chi connectivity index (χ0v) is 9.38. The summed E-state index contributed by atoms with van der Waals surface area (Å²) in [6.07, 6.45) is 0. The first-order valence-electron chi connectivity index (χ1n) is 4.78. The number of carbonyl (C=O) groups excluding carboxylic acids is 1. The molecular weight excluding hydrogens is 196 g/mol. The van der Waals surface area contributed by atoms with Crippen molar-refractivity contribution in [1.82, 2.24) is 4.90 Å². The van der Waals surface area contributed by atoms with Crippen molar-refractivity contribution in [2.45, 2.75) is 19.9 Å². The Bertz CT molecular complexity index is 280. The van der Waals surface area contributed by atoms with Crippen LogP contribution in [0.1, 0.15) is 24.8 Å². The van der Waals surface area contributed by atoms with E-state index in [0.717, 1.165) is 4.88 Å². The van der Waals surface area contributed by atoms with E-state index in [1.54, 1.807) is 4.90 Å². The van der Waals surface area contributed by atoms with Gasteiger partial charge in [-0.3, -0.25) is 4.79 Å². The Balaban J connectivity index is 2.69. The van der Waals surface area contributed by atoms with Crippen molar-refractivity contribution in [1.29, 1.82) is 0 Å². The number of nitrogens with zero attached hydrogens (tertiary/aromatic N) is 1. The van der Waals surface area contributed by atoms with E-state index in [2.05, 4.69) is 0 Å². The fourth-order valence-electron chi connectivity index (χ4n) is 1.32. The lowest BCUT2D eigenvalue weighted by molar-refractivity contribution is -0.132. The molecule has 1 unspecified atom stereocenters. The summed E-state index contributed by atoms with van der Waals surface area (Å²) in [7, 11) is 0. The summed E-state index contributed by atoms with van der Waals surface area (Å²) >= 11 is 1.53. The van der Waals surface area contributed by atoms with Gasteiger partial charge in [-0.15, -0.1) is 11.3 Å². The third-order valence-corrected chi connectivity index (χ3v) is 3.15. The molecule has 1 rings (SSSR count). The second-order valence-corrected chi connectivity index (χ2v) is 3.98. The predicted molar refractivity (Wildman–Crippen MR) is 59.2 cm³/mol. The average Bonchev–Trinajstić information content (AvgIpc) is 2.71. The molecule has 0 fully saturated rings. The summed E-state index contributed by atoms with van der Waals surface area (Å²) in [5.74, 6) is 0.0115. The van der Waals surface area contributed by atoms with Crippen LogP contribution in [0.25, 0.3) is 0 Å². The van der Waals surface area contributed by atoms with E-state index in [1.165, 1.54) is 11.3 Å². The van der Waals surface area contributed by atoms with E-state index in [9.17, 15) is 4.79 Å².